The molecule has 0 saturated carbocycles. The number of ether oxygens (including phenoxy) is 1. The number of para-hydroxylation sites is 1. The van der Waals surface area contributed by atoms with Crippen LogP contribution in [0.3, 0.4) is 0 Å². The quantitative estimate of drug-likeness (QED) is 0.869. The average Bonchev–Trinajstić information content (AvgIpc) is 2.60. The van der Waals surface area contributed by atoms with Gasteiger partial charge in [0.05, 0.1) is 24.3 Å². The third kappa shape index (κ3) is 2.84. The van der Waals surface area contributed by atoms with E-state index >= 15 is 0 Å². The molecule has 0 spiro atoms. The molecule has 2 heterocycles. The van der Waals surface area contributed by atoms with Gasteiger partial charge in [0.25, 0.3) is 5.91 Å². The van der Waals surface area contributed by atoms with Gasteiger partial charge in [-0.05, 0) is 25.5 Å². The molecule has 5 heteroatoms. The van der Waals surface area contributed by atoms with Crippen LogP contribution in [-0.4, -0.2) is 55.2 Å². The Morgan fingerprint density at radius 2 is 2.12 bits per heavy atom. The monoisotopic (exact) mass is 327 g/mol. The van der Waals surface area contributed by atoms with Crippen molar-refractivity contribution in [2.45, 2.75) is 25.8 Å². The second-order valence-electron chi connectivity index (χ2n) is 6.80. The summed E-state index contributed by atoms with van der Waals surface area (Å²) in [6, 6.07) is 9.84. The Morgan fingerprint density at radius 1 is 1.38 bits per heavy atom. The molecule has 0 bridgehead atoms. The highest BCUT2D eigenvalue weighted by atomic mass is 16.5. The van der Waals surface area contributed by atoms with Crippen molar-refractivity contribution in [1.82, 2.24) is 9.88 Å². The lowest BCUT2D eigenvalue weighted by Gasteiger charge is -2.44. The Kier molecular flexibility index (Phi) is 4.45. The molecular formula is C19H25N3O2. The van der Waals surface area contributed by atoms with Crippen LogP contribution >= 0.6 is 0 Å². The number of aromatic nitrogens is 1. The molecule has 0 radical (unpaired) electrons. The van der Waals surface area contributed by atoms with Gasteiger partial charge in [-0.3, -0.25) is 4.79 Å². The summed E-state index contributed by atoms with van der Waals surface area (Å²) in [5.74, 6) is -0.0171. The van der Waals surface area contributed by atoms with Crippen molar-refractivity contribution >= 4 is 22.5 Å². The average molecular weight is 327 g/mol. The molecule has 3 rings (SSSR count). The van der Waals surface area contributed by atoms with E-state index in [2.05, 4.69) is 18.8 Å². The predicted octanol–water partition coefficient (Wildman–Crippen LogP) is 2.94. The van der Waals surface area contributed by atoms with Gasteiger partial charge in [-0.2, -0.15) is 0 Å². The number of carbonyl (C=O) groups is 1. The molecule has 1 fully saturated rings. The highest BCUT2D eigenvalue weighted by Gasteiger charge is 2.37. The second kappa shape index (κ2) is 6.40. The lowest BCUT2D eigenvalue weighted by molar-refractivity contribution is -0.0467. The third-order valence-corrected chi connectivity index (χ3v) is 4.93. The lowest BCUT2D eigenvalue weighted by Crippen LogP contribution is -2.57. The van der Waals surface area contributed by atoms with E-state index in [9.17, 15) is 4.79 Å². The van der Waals surface area contributed by atoms with Gasteiger partial charge in [0.2, 0.25) is 0 Å². The van der Waals surface area contributed by atoms with Gasteiger partial charge in [0.1, 0.15) is 5.69 Å². The molecule has 2 aromatic rings. The first-order valence-electron chi connectivity index (χ1n) is 8.43. The van der Waals surface area contributed by atoms with Gasteiger partial charge < -0.3 is 14.5 Å². The van der Waals surface area contributed by atoms with Crippen molar-refractivity contribution < 1.29 is 9.53 Å². The summed E-state index contributed by atoms with van der Waals surface area (Å²) < 4.78 is 5.60. The number of fused-ring (bicyclic) bond motifs is 1. The molecule has 5 nitrogen and oxygen atoms in total. The summed E-state index contributed by atoms with van der Waals surface area (Å²) in [5, 5.41) is 1.05. The molecular weight excluding hydrogens is 302 g/mol. The number of benzene rings is 1. The first kappa shape index (κ1) is 16.7. The number of morpholine rings is 1. The number of anilines is 1. The largest absolute Gasteiger partial charge is 0.377 e. The number of pyridine rings is 1. The van der Waals surface area contributed by atoms with Crippen LogP contribution < -0.4 is 4.90 Å². The zero-order chi connectivity index (χ0) is 17.3. The Balaban J connectivity index is 2.07. The summed E-state index contributed by atoms with van der Waals surface area (Å²) in [5.41, 5.74) is 2.08. The van der Waals surface area contributed by atoms with Gasteiger partial charge in [-0.25, -0.2) is 4.98 Å². The van der Waals surface area contributed by atoms with E-state index in [0.29, 0.717) is 25.5 Å². The number of hydrogen-bond acceptors (Lipinski definition) is 4. The molecule has 1 saturated heterocycles. The third-order valence-electron chi connectivity index (χ3n) is 4.93. The van der Waals surface area contributed by atoms with E-state index < -0.39 is 0 Å². The molecule has 1 amide bonds. The number of hydrogen-bond donors (Lipinski definition) is 0. The second-order valence-corrected chi connectivity index (χ2v) is 6.80. The maximum atomic E-state index is 13.2. The van der Waals surface area contributed by atoms with Gasteiger partial charge in [-0.1, -0.05) is 25.1 Å². The fourth-order valence-corrected chi connectivity index (χ4v) is 3.21. The summed E-state index contributed by atoms with van der Waals surface area (Å²) in [6.07, 6.45) is 0.854. The number of amides is 1. The van der Waals surface area contributed by atoms with E-state index in [4.69, 9.17) is 4.74 Å². The van der Waals surface area contributed by atoms with Crippen molar-refractivity contribution in [3.8, 4) is 0 Å². The smallest absolute Gasteiger partial charge is 0.273 e. The van der Waals surface area contributed by atoms with Crippen LogP contribution in [0.25, 0.3) is 10.9 Å². The SMILES string of the molecule is CCC1(C)COCCN1C(=O)c1cc(N(C)C)c2ccccc2n1. The number of carbonyl (C=O) groups excluding carboxylic acids is 1. The van der Waals surface area contributed by atoms with Gasteiger partial charge >= 0.3 is 0 Å². The van der Waals surface area contributed by atoms with Gasteiger partial charge in [-0.15, -0.1) is 0 Å². The lowest BCUT2D eigenvalue weighted by atomic mass is 9.95. The molecule has 1 aliphatic heterocycles. The normalized spacial score (nSPS) is 21.1. The van der Waals surface area contributed by atoms with Crippen molar-refractivity contribution in [1.29, 1.82) is 0 Å². The number of nitrogens with zero attached hydrogens (tertiary/aromatic N) is 3. The fourth-order valence-electron chi connectivity index (χ4n) is 3.21. The summed E-state index contributed by atoms with van der Waals surface area (Å²) in [4.78, 5) is 21.8. The van der Waals surface area contributed by atoms with E-state index in [-0.39, 0.29) is 11.4 Å². The van der Waals surface area contributed by atoms with Crippen LogP contribution in [0.5, 0.6) is 0 Å². The highest BCUT2D eigenvalue weighted by molar-refractivity contribution is 6.00. The van der Waals surface area contributed by atoms with E-state index in [1.165, 1.54) is 0 Å². The molecule has 1 aliphatic rings. The number of rotatable bonds is 3. The summed E-state index contributed by atoms with van der Waals surface area (Å²) in [6.45, 7) is 5.93. The first-order valence-corrected chi connectivity index (χ1v) is 8.43. The Bertz CT molecular complexity index is 759. The first-order chi connectivity index (χ1) is 11.5. The molecule has 24 heavy (non-hydrogen) atoms. The van der Waals surface area contributed by atoms with Crippen LogP contribution in [-0.2, 0) is 4.74 Å². The molecule has 128 valence electrons. The summed E-state index contributed by atoms with van der Waals surface area (Å²) >= 11 is 0. The molecule has 0 N–H and O–H groups in total. The van der Waals surface area contributed by atoms with Crippen LogP contribution in [0, 0.1) is 0 Å². The van der Waals surface area contributed by atoms with Crippen LogP contribution in [0.15, 0.2) is 30.3 Å². The van der Waals surface area contributed by atoms with Crippen molar-refractivity contribution in [3.05, 3.63) is 36.0 Å². The standard InChI is InChI=1S/C19H25N3O2/c1-5-19(2)13-24-11-10-22(19)18(23)16-12-17(21(3)4)14-8-6-7-9-15(14)20-16/h6-9,12H,5,10-11,13H2,1-4H3. The van der Waals surface area contributed by atoms with Crippen LogP contribution in [0.2, 0.25) is 0 Å². The van der Waals surface area contributed by atoms with E-state index in [0.717, 1.165) is 23.0 Å². The Labute approximate surface area is 143 Å². The van der Waals surface area contributed by atoms with Crippen LogP contribution in [0.1, 0.15) is 30.8 Å². The topological polar surface area (TPSA) is 45.7 Å². The minimum absolute atomic E-state index is 0.0171. The van der Waals surface area contributed by atoms with Gasteiger partial charge in [0.15, 0.2) is 0 Å². The molecule has 0 aliphatic carbocycles. The molecule has 1 aromatic heterocycles. The zero-order valence-corrected chi connectivity index (χ0v) is 14.9. The Hall–Kier alpha value is -2.14. The minimum Gasteiger partial charge on any atom is -0.377 e. The van der Waals surface area contributed by atoms with Crippen LogP contribution in [0.4, 0.5) is 5.69 Å². The van der Waals surface area contributed by atoms with E-state index in [1.807, 2.05) is 54.2 Å². The predicted molar refractivity (Wildman–Crippen MR) is 96.6 cm³/mol. The molecule has 1 aromatic carbocycles. The van der Waals surface area contributed by atoms with Gasteiger partial charge in [0, 0.05) is 31.7 Å². The zero-order valence-electron chi connectivity index (χ0n) is 14.9. The Morgan fingerprint density at radius 3 is 2.83 bits per heavy atom. The fraction of sp³-hybridized carbons (Fsp3) is 0.474. The van der Waals surface area contributed by atoms with Crippen molar-refractivity contribution in [2.24, 2.45) is 0 Å². The molecule has 1 unspecified atom stereocenters. The van der Waals surface area contributed by atoms with Crippen molar-refractivity contribution in [3.63, 3.8) is 0 Å². The van der Waals surface area contributed by atoms with Crippen molar-refractivity contribution in [2.75, 3.05) is 38.8 Å². The maximum Gasteiger partial charge on any atom is 0.273 e. The maximum absolute atomic E-state index is 13.2. The minimum atomic E-state index is -0.277. The molecule has 1 atom stereocenters. The summed E-state index contributed by atoms with van der Waals surface area (Å²) in [7, 11) is 3.97. The van der Waals surface area contributed by atoms with E-state index in [1.54, 1.807) is 0 Å². The highest BCUT2D eigenvalue weighted by Crippen LogP contribution is 2.29.